The molecule has 1 aliphatic rings. The molecule has 0 aromatic rings. The zero-order valence-corrected chi connectivity index (χ0v) is 10.6. The van der Waals surface area contributed by atoms with Crippen LogP contribution in [0.2, 0.25) is 19.1 Å². The van der Waals surface area contributed by atoms with Crippen LogP contribution in [0.5, 0.6) is 0 Å². The number of aliphatic hydroxyl groups is 1. The second-order valence-corrected chi connectivity index (χ2v) is 9.92. The maximum atomic E-state index is 9.16. The van der Waals surface area contributed by atoms with Crippen molar-refractivity contribution in [1.82, 2.24) is 4.90 Å². The van der Waals surface area contributed by atoms with E-state index in [0.29, 0.717) is 18.7 Å². The Kier molecular flexibility index (Phi) is 4.35. The predicted molar refractivity (Wildman–Crippen MR) is 66.3 cm³/mol. The van der Waals surface area contributed by atoms with E-state index in [0.717, 1.165) is 19.0 Å². The van der Waals surface area contributed by atoms with Gasteiger partial charge in [0.25, 0.3) is 0 Å². The lowest BCUT2D eigenvalue weighted by molar-refractivity contribution is 0.354. The summed E-state index contributed by atoms with van der Waals surface area (Å²) in [5.74, 6) is 0.608. The average molecular weight is 227 g/mol. The van der Waals surface area contributed by atoms with Crippen LogP contribution >= 0.6 is 0 Å². The van der Waals surface area contributed by atoms with E-state index in [2.05, 4.69) is 23.0 Å². The number of hydrogen-bond donors (Lipinski definition) is 2. The van der Waals surface area contributed by atoms with Gasteiger partial charge in [0.15, 0.2) is 0 Å². The van der Waals surface area contributed by atoms with Crippen molar-refractivity contribution in [1.29, 1.82) is 0 Å². The normalized spacial score (nSPS) is 16.7. The molecule has 5 heteroatoms. The highest BCUT2D eigenvalue weighted by Gasteiger charge is 2.18. The van der Waals surface area contributed by atoms with E-state index in [1.807, 2.05) is 12.3 Å². The molecule has 0 amide bonds. The smallest absolute Gasteiger partial charge is 0.121 e. The molecular formula is C10H21N3OSi. The molecule has 0 atom stereocenters. The van der Waals surface area contributed by atoms with E-state index in [1.54, 1.807) is 0 Å². The van der Waals surface area contributed by atoms with Crippen LogP contribution in [0.1, 0.15) is 6.42 Å². The van der Waals surface area contributed by atoms with Gasteiger partial charge in [-0.3, -0.25) is 0 Å². The standard InChI is InChI=1S/C10H21N3OSi/c1-15(2,9-14)7-3-5-13-6-4-10(11)12-8-13/h4,6,14H,3,5,7-9H2,1-2H3,(H2,11,12). The van der Waals surface area contributed by atoms with E-state index in [4.69, 9.17) is 10.8 Å². The first-order valence-electron chi connectivity index (χ1n) is 5.36. The van der Waals surface area contributed by atoms with Gasteiger partial charge in [0, 0.05) is 19.0 Å². The number of aliphatic imine (C=N–C) groups is 1. The molecule has 0 fully saturated rings. The van der Waals surface area contributed by atoms with Gasteiger partial charge < -0.3 is 15.7 Å². The van der Waals surface area contributed by atoms with Gasteiger partial charge in [-0.25, -0.2) is 4.99 Å². The van der Waals surface area contributed by atoms with Gasteiger partial charge >= 0.3 is 0 Å². The van der Waals surface area contributed by atoms with Crippen LogP contribution in [0, 0.1) is 0 Å². The van der Waals surface area contributed by atoms with Crippen LogP contribution < -0.4 is 5.73 Å². The summed E-state index contributed by atoms with van der Waals surface area (Å²) in [6.07, 6.45) is 5.33. The van der Waals surface area contributed by atoms with Crippen molar-refractivity contribution in [3.05, 3.63) is 12.3 Å². The van der Waals surface area contributed by atoms with Crippen LogP contribution in [-0.4, -0.2) is 43.4 Å². The maximum absolute atomic E-state index is 9.16. The number of aliphatic hydroxyl groups excluding tert-OH is 1. The van der Waals surface area contributed by atoms with Crippen molar-refractivity contribution in [3.8, 4) is 0 Å². The zero-order chi connectivity index (χ0) is 11.3. The van der Waals surface area contributed by atoms with E-state index < -0.39 is 8.07 Å². The van der Waals surface area contributed by atoms with Gasteiger partial charge in [-0.1, -0.05) is 19.1 Å². The van der Waals surface area contributed by atoms with Gasteiger partial charge in [-0.15, -0.1) is 0 Å². The summed E-state index contributed by atoms with van der Waals surface area (Å²) in [5.41, 5.74) is 5.53. The third-order valence-electron chi connectivity index (χ3n) is 2.62. The van der Waals surface area contributed by atoms with E-state index in [9.17, 15) is 0 Å². The molecule has 4 nitrogen and oxygen atoms in total. The van der Waals surface area contributed by atoms with Gasteiger partial charge in [-0.2, -0.15) is 0 Å². The van der Waals surface area contributed by atoms with Crippen LogP contribution in [-0.2, 0) is 0 Å². The monoisotopic (exact) mass is 227 g/mol. The van der Waals surface area contributed by atoms with Crippen LogP contribution in [0.25, 0.3) is 0 Å². The minimum atomic E-state index is -1.33. The summed E-state index contributed by atoms with van der Waals surface area (Å²) in [6, 6.07) is 1.16. The molecule has 0 bridgehead atoms. The molecule has 0 saturated heterocycles. The summed E-state index contributed by atoms with van der Waals surface area (Å²) in [6.45, 7) is 6.11. The Morgan fingerprint density at radius 3 is 2.87 bits per heavy atom. The van der Waals surface area contributed by atoms with Gasteiger partial charge in [-0.05, 0) is 12.5 Å². The van der Waals surface area contributed by atoms with Crippen molar-refractivity contribution in [2.24, 2.45) is 10.7 Å². The average Bonchev–Trinajstić information content (AvgIpc) is 2.21. The quantitative estimate of drug-likeness (QED) is 0.682. The Morgan fingerprint density at radius 1 is 1.60 bits per heavy atom. The van der Waals surface area contributed by atoms with Gasteiger partial charge in [0.05, 0.1) is 8.07 Å². The number of nitrogens with two attached hydrogens (primary N) is 1. The SMILES string of the molecule is C[Si](C)(CO)CCCN1C=CC(N)=NC1. The molecule has 0 saturated carbocycles. The molecule has 1 rings (SSSR count). The topological polar surface area (TPSA) is 61.8 Å². The molecule has 0 radical (unpaired) electrons. The lowest BCUT2D eigenvalue weighted by atomic mass is 10.4. The van der Waals surface area contributed by atoms with Crippen LogP contribution in [0.3, 0.4) is 0 Å². The number of rotatable bonds is 5. The largest absolute Gasteiger partial charge is 0.400 e. The van der Waals surface area contributed by atoms with Crippen molar-refractivity contribution in [3.63, 3.8) is 0 Å². The van der Waals surface area contributed by atoms with Crippen molar-refractivity contribution >= 4 is 13.9 Å². The molecule has 0 spiro atoms. The molecule has 15 heavy (non-hydrogen) atoms. The van der Waals surface area contributed by atoms with Crippen LogP contribution in [0.15, 0.2) is 17.3 Å². The lowest BCUT2D eigenvalue weighted by Gasteiger charge is -2.24. The molecule has 0 aromatic heterocycles. The first-order chi connectivity index (χ1) is 7.03. The van der Waals surface area contributed by atoms with E-state index >= 15 is 0 Å². The highest BCUT2D eigenvalue weighted by Crippen LogP contribution is 2.12. The molecular weight excluding hydrogens is 206 g/mol. The van der Waals surface area contributed by atoms with E-state index in [-0.39, 0.29) is 0 Å². The lowest BCUT2D eigenvalue weighted by Crippen LogP contribution is -2.32. The zero-order valence-electron chi connectivity index (χ0n) is 9.61. The summed E-state index contributed by atoms with van der Waals surface area (Å²) >= 11 is 0. The summed E-state index contributed by atoms with van der Waals surface area (Å²) < 4.78 is 0. The minimum Gasteiger partial charge on any atom is -0.400 e. The minimum absolute atomic E-state index is 0.383. The first kappa shape index (κ1) is 12.3. The maximum Gasteiger partial charge on any atom is 0.121 e. The van der Waals surface area contributed by atoms with Crippen LogP contribution in [0.4, 0.5) is 0 Å². The third-order valence-corrected chi connectivity index (χ3v) is 5.18. The fourth-order valence-electron chi connectivity index (χ4n) is 1.44. The fourth-order valence-corrected chi connectivity index (χ4v) is 2.71. The fraction of sp³-hybridized carbons (Fsp3) is 0.700. The molecule has 0 unspecified atom stereocenters. The third kappa shape index (κ3) is 4.48. The highest BCUT2D eigenvalue weighted by atomic mass is 28.3. The predicted octanol–water partition coefficient (Wildman–Crippen LogP) is 0.760. The highest BCUT2D eigenvalue weighted by molar-refractivity contribution is 6.77. The molecule has 86 valence electrons. The van der Waals surface area contributed by atoms with Crippen molar-refractivity contribution < 1.29 is 5.11 Å². The summed E-state index contributed by atoms with van der Waals surface area (Å²) in [5, 5.41) is 9.16. The van der Waals surface area contributed by atoms with E-state index in [1.165, 1.54) is 0 Å². The van der Waals surface area contributed by atoms with Crippen molar-refractivity contribution in [2.75, 3.05) is 19.4 Å². The second kappa shape index (κ2) is 5.32. The Hall–Kier alpha value is -0.813. The Balaban J connectivity index is 2.20. The Labute approximate surface area is 92.5 Å². The second-order valence-electron chi connectivity index (χ2n) is 4.78. The molecule has 1 heterocycles. The first-order valence-corrected chi connectivity index (χ1v) is 8.78. The number of amidine groups is 1. The molecule has 1 aliphatic heterocycles. The molecule has 3 N–H and O–H groups in total. The van der Waals surface area contributed by atoms with Crippen molar-refractivity contribution in [2.45, 2.75) is 25.6 Å². The number of nitrogens with zero attached hydrogens (tertiary/aromatic N) is 2. The van der Waals surface area contributed by atoms with Gasteiger partial charge in [0.1, 0.15) is 12.5 Å². The summed E-state index contributed by atoms with van der Waals surface area (Å²) in [7, 11) is -1.33. The Bertz CT molecular complexity index is 263. The van der Waals surface area contributed by atoms with Gasteiger partial charge in [0.2, 0.25) is 0 Å². The number of hydrogen-bond acceptors (Lipinski definition) is 4. The summed E-state index contributed by atoms with van der Waals surface area (Å²) in [4.78, 5) is 6.29. The molecule has 0 aromatic carbocycles. The molecule has 0 aliphatic carbocycles. The Morgan fingerprint density at radius 2 is 2.33 bits per heavy atom.